The zero-order valence-corrected chi connectivity index (χ0v) is 18.5. The topological polar surface area (TPSA) is 102 Å². The average Bonchev–Trinajstić information content (AvgIpc) is 2.78. The lowest BCUT2D eigenvalue weighted by atomic mass is 10.1. The molecule has 0 saturated heterocycles. The van der Waals surface area contributed by atoms with Gasteiger partial charge in [-0.3, -0.25) is 14.2 Å². The highest BCUT2D eigenvalue weighted by Gasteiger charge is 2.14. The van der Waals surface area contributed by atoms with E-state index in [0.29, 0.717) is 48.6 Å². The van der Waals surface area contributed by atoms with E-state index in [0.717, 1.165) is 16.6 Å². The molecule has 8 nitrogen and oxygen atoms in total. The van der Waals surface area contributed by atoms with Crippen LogP contribution in [0.2, 0.25) is 0 Å². The molecule has 1 heterocycles. The van der Waals surface area contributed by atoms with Gasteiger partial charge in [0, 0.05) is 25.6 Å². The lowest BCUT2D eigenvalue weighted by Crippen LogP contribution is -2.35. The van der Waals surface area contributed by atoms with E-state index in [1.54, 1.807) is 12.1 Å². The van der Waals surface area contributed by atoms with Crippen LogP contribution < -0.4 is 26.0 Å². The molecular formula is C24H29N3O5. The van der Waals surface area contributed by atoms with Gasteiger partial charge in [-0.25, -0.2) is 4.79 Å². The summed E-state index contributed by atoms with van der Waals surface area (Å²) in [7, 11) is 0. The fourth-order valence-electron chi connectivity index (χ4n) is 3.48. The number of ether oxygens (including phenoxy) is 2. The molecular weight excluding hydrogens is 410 g/mol. The van der Waals surface area contributed by atoms with Crippen molar-refractivity contribution in [1.29, 1.82) is 0 Å². The van der Waals surface area contributed by atoms with Crippen LogP contribution in [0.5, 0.6) is 11.5 Å². The highest BCUT2D eigenvalue weighted by molar-refractivity contribution is 5.81. The molecule has 170 valence electrons. The van der Waals surface area contributed by atoms with Crippen molar-refractivity contribution in [3.8, 4) is 11.5 Å². The summed E-state index contributed by atoms with van der Waals surface area (Å²) in [5, 5.41) is 3.21. The number of fused-ring (bicyclic) bond motifs is 1. The first kappa shape index (κ1) is 23.1. The fourth-order valence-corrected chi connectivity index (χ4v) is 3.48. The van der Waals surface area contributed by atoms with E-state index in [9.17, 15) is 14.4 Å². The molecule has 8 heteroatoms. The van der Waals surface area contributed by atoms with Gasteiger partial charge in [0.1, 0.15) is 0 Å². The third-order valence-corrected chi connectivity index (χ3v) is 5.01. The van der Waals surface area contributed by atoms with Crippen LogP contribution in [0.1, 0.15) is 32.3 Å². The molecule has 0 aliphatic heterocycles. The van der Waals surface area contributed by atoms with Crippen molar-refractivity contribution in [2.75, 3.05) is 19.8 Å². The maximum absolute atomic E-state index is 12.9. The number of hydrogen-bond donors (Lipinski definition) is 2. The molecule has 1 amide bonds. The van der Waals surface area contributed by atoms with Gasteiger partial charge in [-0.15, -0.1) is 0 Å². The molecule has 3 aromatic rings. The molecule has 0 aliphatic carbocycles. The van der Waals surface area contributed by atoms with Gasteiger partial charge in [0.25, 0.3) is 5.56 Å². The van der Waals surface area contributed by atoms with Gasteiger partial charge in [0.2, 0.25) is 5.91 Å². The smallest absolute Gasteiger partial charge is 0.328 e. The molecule has 32 heavy (non-hydrogen) atoms. The molecule has 0 atom stereocenters. The van der Waals surface area contributed by atoms with Crippen molar-refractivity contribution in [1.82, 2.24) is 14.9 Å². The van der Waals surface area contributed by atoms with E-state index >= 15 is 0 Å². The number of aromatic nitrogens is 2. The van der Waals surface area contributed by atoms with Gasteiger partial charge in [-0.1, -0.05) is 30.3 Å². The van der Waals surface area contributed by atoms with E-state index in [1.807, 2.05) is 44.2 Å². The third kappa shape index (κ3) is 5.78. The van der Waals surface area contributed by atoms with E-state index in [-0.39, 0.29) is 18.9 Å². The number of nitrogens with zero attached hydrogens (tertiary/aromatic N) is 1. The molecule has 0 unspecified atom stereocenters. The Balaban J connectivity index is 1.65. The Morgan fingerprint density at radius 2 is 1.72 bits per heavy atom. The summed E-state index contributed by atoms with van der Waals surface area (Å²) >= 11 is 0. The van der Waals surface area contributed by atoms with Gasteiger partial charge in [-0.05, 0) is 38.3 Å². The normalized spacial score (nSPS) is 10.8. The van der Waals surface area contributed by atoms with Crippen molar-refractivity contribution in [2.45, 2.75) is 39.7 Å². The number of rotatable bonds is 11. The third-order valence-electron chi connectivity index (χ3n) is 5.01. The van der Waals surface area contributed by atoms with Crippen molar-refractivity contribution >= 4 is 16.8 Å². The van der Waals surface area contributed by atoms with Crippen LogP contribution in [0.15, 0.2) is 52.1 Å². The van der Waals surface area contributed by atoms with Crippen LogP contribution in [0.3, 0.4) is 0 Å². The Labute approximate surface area is 186 Å². The summed E-state index contributed by atoms with van der Waals surface area (Å²) in [5.41, 5.74) is 0.610. The van der Waals surface area contributed by atoms with Crippen LogP contribution in [-0.2, 0) is 17.8 Å². The largest absolute Gasteiger partial charge is 0.490 e. The first-order chi connectivity index (χ1) is 15.5. The van der Waals surface area contributed by atoms with Crippen molar-refractivity contribution < 1.29 is 14.3 Å². The summed E-state index contributed by atoms with van der Waals surface area (Å²) < 4.78 is 12.3. The molecule has 0 fully saturated rings. The second kappa shape index (κ2) is 11.2. The zero-order valence-electron chi connectivity index (χ0n) is 18.5. The minimum Gasteiger partial charge on any atom is -0.490 e. The summed E-state index contributed by atoms with van der Waals surface area (Å²) in [6, 6.07) is 13.1. The van der Waals surface area contributed by atoms with Gasteiger partial charge >= 0.3 is 5.69 Å². The lowest BCUT2D eigenvalue weighted by molar-refractivity contribution is -0.121. The fraction of sp³-hybridized carbons (Fsp3) is 0.375. The number of benzene rings is 2. The molecule has 2 N–H and O–H groups in total. The van der Waals surface area contributed by atoms with Crippen molar-refractivity contribution in [3.63, 3.8) is 0 Å². The first-order valence-electron chi connectivity index (χ1n) is 10.9. The second-order valence-electron chi connectivity index (χ2n) is 7.29. The summed E-state index contributed by atoms with van der Waals surface area (Å²) in [5.74, 6) is 0.823. The lowest BCUT2D eigenvalue weighted by Gasteiger charge is -2.13. The van der Waals surface area contributed by atoms with E-state index < -0.39 is 11.2 Å². The van der Waals surface area contributed by atoms with Gasteiger partial charge in [-0.2, -0.15) is 0 Å². The Hall–Kier alpha value is -3.55. The SMILES string of the molecule is CCOc1cc2[nH]c(=O)n(CCCC(=O)NCCc3ccccc3)c(=O)c2cc1OCC. The van der Waals surface area contributed by atoms with Crippen LogP contribution in [0.25, 0.3) is 10.9 Å². The van der Waals surface area contributed by atoms with E-state index in [2.05, 4.69) is 10.3 Å². The predicted molar refractivity (Wildman–Crippen MR) is 124 cm³/mol. The standard InChI is InChI=1S/C24H29N3O5/c1-3-31-20-15-18-19(16-21(20)32-4-2)26-24(30)27(23(18)29)14-8-11-22(28)25-13-12-17-9-6-5-7-10-17/h5-7,9-10,15-16H,3-4,8,11-14H2,1-2H3,(H,25,28)(H,26,30). The van der Waals surface area contributed by atoms with Gasteiger partial charge in [0.15, 0.2) is 11.5 Å². The molecule has 0 saturated carbocycles. The van der Waals surface area contributed by atoms with E-state index in [4.69, 9.17) is 9.47 Å². The van der Waals surface area contributed by atoms with Crippen molar-refractivity contribution in [2.24, 2.45) is 0 Å². The van der Waals surface area contributed by atoms with Crippen molar-refractivity contribution in [3.05, 3.63) is 68.9 Å². The summed E-state index contributed by atoms with van der Waals surface area (Å²) in [6.07, 6.45) is 1.36. The number of H-pyrrole nitrogens is 1. The van der Waals surface area contributed by atoms with Crippen LogP contribution in [0.4, 0.5) is 0 Å². The maximum Gasteiger partial charge on any atom is 0.328 e. The summed E-state index contributed by atoms with van der Waals surface area (Å²) in [6.45, 7) is 5.23. The number of aromatic amines is 1. The highest BCUT2D eigenvalue weighted by Crippen LogP contribution is 2.30. The second-order valence-corrected chi connectivity index (χ2v) is 7.29. The number of carbonyl (C=O) groups is 1. The minimum atomic E-state index is -0.515. The molecule has 0 spiro atoms. The maximum atomic E-state index is 12.9. The monoisotopic (exact) mass is 439 g/mol. The predicted octanol–water partition coefficient (Wildman–Crippen LogP) is 2.63. The van der Waals surface area contributed by atoms with Gasteiger partial charge < -0.3 is 19.8 Å². The Morgan fingerprint density at radius 1 is 1.03 bits per heavy atom. The Kier molecular flexibility index (Phi) is 8.08. The Morgan fingerprint density at radius 3 is 2.41 bits per heavy atom. The molecule has 2 aromatic carbocycles. The molecule has 0 aliphatic rings. The van der Waals surface area contributed by atoms with Crippen LogP contribution >= 0.6 is 0 Å². The number of nitrogens with one attached hydrogen (secondary N) is 2. The van der Waals surface area contributed by atoms with Gasteiger partial charge in [0.05, 0.1) is 24.1 Å². The molecule has 0 bridgehead atoms. The highest BCUT2D eigenvalue weighted by atomic mass is 16.5. The molecule has 1 aromatic heterocycles. The molecule has 3 rings (SSSR count). The average molecular weight is 440 g/mol. The number of amides is 1. The first-order valence-corrected chi connectivity index (χ1v) is 10.9. The minimum absolute atomic E-state index is 0.105. The number of carbonyl (C=O) groups excluding carboxylic acids is 1. The molecule has 0 radical (unpaired) electrons. The van der Waals surface area contributed by atoms with E-state index in [1.165, 1.54) is 0 Å². The summed E-state index contributed by atoms with van der Waals surface area (Å²) in [4.78, 5) is 40.2. The quantitative estimate of drug-likeness (QED) is 0.478. The van der Waals surface area contributed by atoms with Crippen LogP contribution in [-0.4, -0.2) is 35.2 Å². The van der Waals surface area contributed by atoms with Crippen LogP contribution in [0, 0.1) is 0 Å². The Bertz CT molecular complexity index is 1170. The zero-order chi connectivity index (χ0) is 22.9. The number of hydrogen-bond acceptors (Lipinski definition) is 5.